The topological polar surface area (TPSA) is 67.2 Å². The van der Waals surface area contributed by atoms with Gasteiger partial charge in [-0.3, -0.25) is 9.59 Å². The molecule has 1 fully saturated rings. The third-order valence-corrected chi connectivity index (χ3v) is 3.76. The van der Waals surface area contributed by atoms with Crippen LogP contribution in [0.2, 0.25) is 0 Å². The first-order valence-electron chi connectivity index (χ1n) is 7.28. The molecule has 1 aromatic rings. The van der Waals surface area contributed by atoms with E-state index >= 15 is 0 Å². The number of hydrogen-bond acceptors (Lipinski definition) is 3. The average molecular weight is 290 g/mol. The van der Waals surface area contributed by atoms with Gasteiger partial charge in [0.1, 0.15) is 5.82 Å². The van der Waals surface area contributed by atoms with Crippen LogP contribution in [0.3, 0.4) is 0 Å². The fourth-order valence-electron chi connectivity index (χ4n) is 2.54. The minimum atomic E-state index is -0.0632. The Kier molecular flexibility index (Phi) is 4.77. The summed E-state index contributed by atoms with van der Waals surface area (Å²) < 4.78 is 1.79. The molecule has 1 saturated heterocycles. The number of nitrogens with one attached hydrogen (secondary N) is 1. The quantitative estimate of drug-likeness (QED) is 0.860. The van der Waals surface area contributed by atoms with Crippen molar-refractivity contribution < 1.29 is 9.59 Å². The van der Waals surface area contributed by atoms with Crippen molar-refractivity contribution in [2.45, 2.75) is 32.7 Å². The Bertz CT molecular complexity index is 528. The SMILES string of the molecule is C=CC(=O)N1CCC(C(=O)Nc2ccnn2C(C)C)CC1. The van der Waals surface area contributed by atoms with Crippen molar-refractivity contribution in [2.75, 3.05) is 18.4 Å². The zero-order chi connectivity index (χ0) is 15.4. The Hall–Kier alpha value is -2.11. The van der Waals surface area contributed by atoms with Gasteiger partial charge in [0.05, 0.1) is 6.20 Å². The summed E-state index contributed by atoms with van der Waals surface area (Å²) in [5, 5.41) is 7.14. The van der Waals surface area contributed by atoms with Gasteiger partial charge in [0.25, 0.3) is 0 Å². The van der Waals surface area contributed by atoms with Crippen molar-refractivity contribution in [3.63, 3.8) is 0 Å². The lowest BCUT2D eigenvalue weighted by Gasteiger charge is -2.30. The summed E-state index contributed by atoms with van der Waals surface area (Å²) in [6.07, 6.45) is 4.37. The maximum atomic E-state index is 12.3. The summed E-state index contributed by atoms with van der Waals surface area (Å²) in [6, 6.07) is 2.00. The molecule has 0 aliphatic carbocycles. The van der Waals surface area contributed by atoms with Crippen LogP contribution in [0.15, 0.2) is 24.9 Å². The number of nitrogens with zero attached hydrogens (tertiary/aromatic N) is 3. The van der Waals surface area contributed by atoms with Crippen molar-refractivity contribution >= 4 is 17.6 Å². The molecule has 1 N–H and O–H groups in total. The van der Waals surface area contributed by atoms with Gasteiger partial charge >= 0.3 is 0 Å². The van der Waals surface area contributed by atoms with Crippen LogP contribution in [-0.2, 0) is 9.59 Å². The van der Waals surface area contributed by atoms with Gasteiger partial charge in [-0.25, -0.2) is 4.68 Å². The van der Waals surface area contributed by atoms with Gasteiger partial charge in [-0.05, 0) is 32.8 Å². The standard InChI is InChI=1S/C15H22N4O2/c1-4-14(20)18-9-6-12(7-10-18)15(21)17-13-5-8-16-19(13)11(2)3/h4-5,8,11-12H,1,6-7,9-10H2,2-3H3,(H,17,21). The van der Waals surface area contributed by atoms with Crippen molar-refractivity contribution in [1.82, 2.24) is 14.7 Å². The summed E-state index contributed by atoms with van der Waals surface area (Å²) in [4.78, 5) is 25.6. The fraction of sp³-hybridized carbons (Fsp3) is 0.533. The molecule has 2 rings (SSSR count). The van der Waals surface area contributed by atoms with Crippen LogP contribution < -0.4 is 5.32 Å². The molecule has 6 nitrogen and oxygen atoms in total. The molecule has 114 valence electrons. The van der Waals surface area contributed by atoms with Gasteiger partial charge in [-0.1, -0.05) is 6.58 Å². The molecule has 6 heteroatoms. The molecule has 1 aromatic heterocycles. The number of amides is 2. The van der Waals surface area contributed by atoms with E-state index in [2.05, 4.69) is 17.0 Å². The van der Waals surface area contributed by atoms with E-state index in [0.29, 0.717) is 25.9 Å². The minimum Gasteiger partial charge on any atom is -0.339 e. The maximum absolute atomic E-state index is 12.3. The van der Waals surface area contributed by atoms with Crippen LogP contribution in [0.5, 0.6) is 0 Å². The zero-order valence-corrected chi connectivity index (χ0v) is 12.6. The van der Waals surface area contributed by atoms with E-state index in [1.807, 2.05) is 13.8 Å². The van der Waals surface area contributed by atoms with Gasteiger partial charge in [0.2, 0.25) is 11.8 Å². The second-order valence-corrected chi connectivity index (χ2v) is 5.55. The lowest BCUT2D eigenvalue weighted by atomic mass is 9.96. The Labute approximate surface area is 124 Å². The number of likely N-dealkylation sites (tertiary alicyclic amines) is 1. The number of rotatable bonds is 4. The molecule has 2 amide bonds. The minimum absolute atomic E-state index is 0.00287. The molecule has 0 atom stereocenters. The zero-order valence-electron chi connectivity index (χ0n) is 12.6. The highest BCUT2D eigenvalue weighted by Crippen LogP contribution is 2.20. The predicted octanol–water partition coefficient (Wildman–Crippen LogP) is 1.83. The normalized spacial score (nSPS) is 16.0. The Morgan fingerprint density at radius 1 is 1.43 bits per heavy atom. The van der Waals surface area contributed by atoms with E-state index in [0.717, 1.165) is 5.82 Å². The summed E-state index contributed by atoms with van der Waals surface area (Å²) in [5.74, 6) is 0.601. The van der Waals surface area contributed by atoms with Gasteiger partial charge in [-0.2, -0.15) is 5.10 Å². The molecule has 0 unspecified atom stereocenters. The van der Waals surface area contributed by atoms with E-state index in [1.165, 1.54) is 6.08 Å². The third-order valence-electron chi connectivity index (χ3n) is 3.76. The third kappa shape index (κ3) is 3.51. The van der Waals surface area contributed by atoms with Crippen LogP contribution in [0.4, 0.5) is 5.82 Å². The van der Waals surface area contributed by atoms with Crippen molar-refractivity contribution in [3.05, 3.63) is 24.9 Å². The van der Waals surface area contributed by atoms with Gasteiger partial charge in [0, 0.05) is 31.1 Å². The second kappa shape index (κ2) is 6.56. The number of piperidine rings is 1. The van der Waals surface area contributed by atoms with Gasteiger partial charge in [-0.15, -0.1) is 0 Å². The van der Waals surface area contributed by atoms with E-state index in [9.17, 15) is 9.59 Å². The molecule has 0 spiro atoms. The lowest BCUT2D eigenvalue weighted by Crippen LogP contribution is -2.40. The van der Waals surface area contributed by atoms with Crippen LogP contribution in [0, 0.1) is 5.92 Å². The molecular weight excluding hydrogens is 268 g/mol. The molecule has 2 heterocycles. The van der Waals surface area contributed by atoms with Crippen molar-refractivity contribution in [3.8, 4) is 0 Å². The van der Waals surface area contributed by atoms with Crippen LogP contribution >= 0.6 is 0 Å². The largest absolute Gasteiger partial charge is 0.339 e. The monoisotopic (exact) mass is 290 g/mol. The molecule has 1 aliphatic rings. The Morgan fingerprint density at radius 3 is 2.67 bits per heavy atom. The van der Waals surface area contributed by atoms with Gasteiger partial charge < -0.3 is 10.2 Å². The number of aromatic nitrogens is 2. The van der Waals surface area contributed by atoms with Crippen molar-refractivity contribution in [1.29, 1.82) is 0 Å². The number of anilines is 1. The highest BCUT2D eigenvalue weighted by Gasteiger charge is 2.27. The molecular formula is C15H22N4O2. The van der Waals surface area contributed by atoms with E-state index < -0.39 is 0 Å². The smallest absolute Gasteiger partial charge is 0.245 e. The molecule has 21 heavy (non-hydrogen) atoms. The average Bonchev–Trinajstić information content (AvgIpc) is 2.95. The molecule has 1 aliphatic heterocycles. The first-order chi connectivity index (χ1) is 10.0. The van der Waals surface area contributed by atoms with Crippen LogP contribution in [0.25, 0.3) is 0 Å². The highest BCUT2D eigenvalue weighted by atomic mass is 16.2. The fourth-order valence-corrected chi connectivity index (χ4v) is 2.54. The predicted molar refractivity (Wildman–Crippen MR) is 80.7 cm³/mol. The van der Waals surface area contributed by atoms with E-state index in [-0.39, 0.29) is 23.8 Å². The highest BCUT2D eigenvalue weighted by molar-refractivity contribution is 5.92. The van der Waals surface area contributed by atoms with E-state index in [4.69, 9.17) is 0 Å². The van der Waals surface area contributed by atoms with Crippen molar-refractivity contribution in [2.24, 2.45) is 5.92 Å². The number of hydrogen-bond donors (Lipinski definition) is 1. The molecule has 0 bridgehead atoms. The van der Waals surface area contributed by atoms with Crippen LogP contribution in [-0.4, -0.2) is 39.6 Å². The van der Waals surface area contributed by atoms with Gasteiger partial charge in [0.15, 0.2) is 0 Å². The van der Waals surface area contributed by atoms with E-state index in [1.54, 1.807) is 21.8 Å². The maximum Gasteiger partial charge on any atom is 0.245 e. The molecule has 0 aromatic carbocycles. The van der Waals surface area contributed by atoms with Crippen LogP contribution in [0.1, 0.15) is 32.7 Å². The first-order valence-corrected chi connectivity index (χ1v) is 7.28. The summed E-state index contributed by atoms with van der Waals surface area (Å²) in [7, 11) is 0. The summed E-state index contributed by atoms with van der Waals surface area (Å²) >= 11 is 0. The molecule has 0 saturated carbocycles. The lowest BCUT2D eigenvalue weighted by molar-refractivity contribution is -0.130. The Balaban J connectivity index is 1.92. The number of carbonyl (C=O) groups excluding carboxylic acids is 2. The molecule has 0 radical (unpaired) electrons. The summed E-state index contributed by atoms with van der Waals surface area (Å²) in [6.45, 7) is 8.72. The second-order valence-electron chi connectivity index (χ2n) is 5.55. The first kappa shape index (κ1) is 15.3. The Morgan fingerprint density at radius 2 is 2.10 bits per heavy atom. The summed E-state index contributed by atoms with van der Waals surface area (Å²) in [5.41, 5.74) is 0. The number of carbonyl (C=O) groups is 2.